The molecule has 164 valence electrons. The van der Waals surface area contributed by atoms with Crippen molar-refractivity contribution in [3.05, 3.63) is 86.8 Å². The number of hydrogen-bond donors (Lipinski definition) is 1. The van der Waals surface area contributed by atoms with Crippen molar-refractivity contribution in [1.29, 1.82) is 0 Å². The Balaban J connectivity index is 1.69. The fourth-order valence-electron chi connectivity index (χ4n) is 2.68. The molecular formula is C23H18BrClN2O5. The Labute approximate surface area is 198 Å². The highest BCUT2D eigenvalue weighted by Gasteiger charge is 2.14. The number of nitrogens with one attached hydrogen (secondary N) is 1. The first-order valence-corrected chi connectivity index (χ1v) is 10.4. The molecule has 0 heterocycles. The summed E-state index contributed by atoms with van der Waals surface area (Å²) in [5.74, 6) is 0.0229. The molecule has 32 heavy (non-hydrogen) atoms. The molecule has 9 heteroatoms. The summed E-state index contributed by atoms with van der Waals surface area (Å²) in [6.07, 6.45) is 1.44. The summed E-state index contributed by atoms with van der Waals surface area (Å²) in [5, 5.41) is 4.50. The monoisotopic (exact) mass is 516 g/mol. The van der Waals surface area contributed by atoms with E-state index in [1.807, 2.05) is 0 Å². The van der Waals surface area contributed by atoms with Crippen molar-refractivity contribution in [1.82, 2.24) is 5.43 Å². The van der Waals surface area contributed by atoms with Gasteiger partial charge in [0.25, 0.3) is 5.91 Å². The second-order valence-corrected chi connectivity index (χ2v) is 7.70. The second-order valence-electron chi connectivity index (χ2n) is 6.35. The lowest BCUT2D eigenvalue weighted by molar-refractivity contribution is 0.0729. The molecule has 0 aliphatic rings. The van der Waals surface area contributed by atoms with Gasteiger partial charge in [0.15, 0.2) is 11.5 Å². The highest BCUT2D eigenvalue weighted by Crippen LogP contribution is 2.28. The van der Waals surface area contributed by atoms with Crippen molar-refractivity contribution < 1.29 is 23.8 Å². The molecule has 1 amide bonds. The molecule has 0 aliphatic carbocycles. The van der Waals surface area contributed by atoms with Gasteiger partial charge in [-0.25, -0.2) is 10.2 Å². The van der Waals surface area contributed by atoms with E-state index >= 15 is 0 Å². The number of ether oxygens (including phenoxy) is 3. The van der Waals surface area contributed by atoms with Crippen LogP contribution in [0, 0.1) is 0 Å². The lowest BCUT2D eigenvalue weighted by Crippen LogP contribution is -2.18. The number of carbonyl (C=O) groups excluding carboxylic acids is 2. The van der Waals surface area contributed by atoms with Crippen LogP contribution in [-0.2, 0) is 0 Å². The maximum Gasteiger partial charge on any atom is 0.343 e. The first-order chi connectivity index (χ1) is 15.4. The number of carbonyl (C=O) groups is 2. The summed E-state index contributed by atoms with van der Waals surface area (Å²) in [6.45, 7) is 0. The molecule has 0 unspecified atom stereocenters. The standard InChI is InChI=1S/C23H18BrClN2O5/c1-30-19-10-6-16(24)12-18(19)22(28)27-26-13-14-3-9-20(21(11-14)31-2)32-23(29)15-4-7-17(25)8-5-15/h3-13H,1-2H3,(H,27,28). The Morgan fingerprint density at radius 3 is 2.31 bits per heavy atom. The summed E-state index contributed by atoms with van der Waals surface area (Å²) >= 11 is 9.17. The first kappa shape index (κ1) is 23.3. The van der Waals surface area contributed by atoms with Gasteiger partial charge in [0.1, 0.15) is 5.75 Å². The minimum Gasteiger partial charge on any atom is -0.496 e. The number of hydrogen-bond acceptors (Lipinski definition) is 6. The average Bonchev–Trinajstić information content (AvgIpc) is 2.80. The van der Waals surface area contributed by atoms with Crippen LogP contribution >= 0.6 is 27.5 Å². The normalized spacial score (nSPS) is 10.6. The van der Waals surface area contributed by atoms with Crippen LogP contribution in [0.4, 0.5) is 0 Å². The molecule has 0 aromatic heterocycles. The first-order valence-electron chi connectivity index (χ1n) is 9.24. The van der Waals surface area contributed by atoms with Crippen molar-refractivity contribution in [3.63, 3.8) is 0 Å². The number of esters is 1. The molecule has 0 aliphatic heterocycles. The molecule has 0 saturated heterocycles. The molecule has 3 aromatic rings. The van der Waals surface area contributed by atoms with Gasteiger partial charge in [-0.15, -0.1) is 0 Å². The zero-order valence-electron chi connectivity index (χ0n) is 17.1. The van der Waals surface area contributed by atoms with E-state index in [-0.39, 0.29) is 5.75 Å². The van der Waals surface area contributed by atoms with Crippen LogP contribution in [0.25, 0.3) is 0 Å². The SMILES string of the molecule is COc1cc(C=NNC(=O)c2cc(Br)ccc2OC)ccc1OC(=O)c1ccc(Cl)cc1. The molecule has 3 rings (SSSR count). The summed E-state index contributed by atoms with van der Waals surface area (Å²) in [6, 6.07) is 16.3. The van der Waals surface area contributed by atoms with E-state index in [4.69, 9.17) is 25.8 Å². The second kappa shape index (κ2) is 10.8. The van der Waals surface area contributed by atoms with E-state index in [0.717, 1.165) is 4.47 Å². The third kappa shape index (κ3) is 5.87. The zero-order valence-corrected chi connectivity index (χ0v) is 19.4. The number of nitrogens with zero attached hydrogens (tertiary/aromatic N) is 1. The molecule has 0 atom stereocenters. The summed E-state index contributed by atoms with van der Waals surface area (Å²) in [4.78, 5) is 24.7. The largest absolute Gasteiger partial charge is 0.496 e. The number of halogens is 2. The lowest BCUT2D eigenvalue weighted by atomic mass is 10.2. The molecule has 3 aromatic carbocycles. The zero-order chi connectivity index (χ0) is 23.1. The fraction of sp³-hybridized carbons (Fsp3) is 0.0870. The lowest BCUT2D eigenvalue weighted by Gasteiger charge is -2.10. The van der Waals surface area contributed by atoms with Crippen LogP contribution in [0.5, 0.6) is 17.2 Å². The van der Waals surface area contributed by atoms with Crippen molar-refractivity contribution >= 4 is 45.6 Å². The van der Waals surface area contributed by atoms with Crippen LogP contribution < -0.4 is 19.6 Å². The van der Waals surface area contributed by atoms with Gasteiger partial charge in [0.05, 0.1) is 31.6 Å². The number of rotatable bonds is 7. The molecule has 0 fully saturated rings. The third-order valence-electron chi connectivity index (χ3n) is 4.26. The summed E-state index contributed by atoms with van der Waals surface area (Å²) < 4.78 is 16.7. The molecule has 0 radical (unpaired) electrons. The van der Waals surface area contributed by atoms with Crippen molar-refractivity contribution in [2.24, 2.45) is 5.10 Å². The van der Waals surface area contributed by atoms with Gasteiger partial charge in [-0.3, -0.25) is 4.79 Å². The van der Waals surface area contributed by atoms with Gasteiger partial charge in [0.2, 0.25) is 0 Å². The molecular weight excluding hydrogens is 500 g/mol. The predicted molar refractivity (Wildman–Crippen MR) is 125 cm³/mol. The third-order valence-corrected chi connectivity index (χ3v) is 5.00. The van der Waals surface area contributed by atoms with Crippen molar-refractivity contribution in [2.75, 3.05) is 14.2 Å². The number of benzene rings is 3. The van der Waals surface area contributed by atoms with Crippen molar-refractivity contribution in [3.8, 4) is 17.2 Å². The van der Waals surface area contributed by atoms with Gasteiger partial charge >= 0.3 is 5.97 Å². The molecule has 0 saturated carbocycles. The highest BCUT2D eigenvalue weighted by atomic mass is 79.9. The van der Waals surface area contributed by atoms with E-state index in [0.29, 0.717) is 33.2 Å². The maximum atomic E-state index is 12.4. The van der Waals surface area contributed by atoms with Crippen LogP contribution in [0.2, 0.25) is 5.02 Å². The Bertz CT molecular complexity index is 1170. The van der Waals surface area contributed by atoms with Crippen LogP contribution in [-0.4, -0.2) is 32.3 Å². The number of hydrazone groups is 1. The van der Waals surface area contributed by atoms with Gasteiger partial charge in [-0.1, -0.05) is 27.5 Å². The minimum atomic E-state index is -0.545. The van der Waals surface area contributed by atoms with Crippen LogP contribution in [0.3, 0.4) is 0 Å². The van der Waals surface area contributed by atoms with E-state index in [2.05, 4.69) is 26.5 Å². The van der Waals surface area contributed by atoms with Crippen molar-refractivity contribution in [2.45, 2.75) is 0 Å². The van der Waals surface area contributed by atoms with E-state index in [1.165, 1.54) is 20.4 Å². The van der Waals surface area contributed by atoms with E-state index < -0.39 is 11.9 Å². The Morgan fingerprint density at radius 2 is 1.62 bits per heavy atom. The quantitative estimate of drug-likeness (QED) is 0.204. The molecule has 1 N–H and O–H groups in total. The molecule has 0 bridgehead atoms. The fourth-order valence-corrected chi connectivity index (χ4v) is 3.16. The summed E-state index contributed by atoms with van der Waals surface area (Å²) in [5.41, 5.74) is 3.76. The topological polar surface area (TPSA) is 86.2 Å². The number of methoxy groups -OCH3 is 2. The van der Waals surface area contributed by atoms with Crippen LogP contribution in [0.1, 0.15) is 26.3 Å². The van der Waals surface area contributed by atoms with E-state index in [1.54, 1.807) is 60.7 Å². The summed E-state index contributed by atoms with van der Waals surface area (Å²) in [7, 11) is 2.94. The molecule has 7 nitrogen and oxygen atoms in total. The average molecular weight is 518 g/mol. The predicted octanol–water partition coefficient (Wildman–Crippen LogP) is 5.10. The Kier molecular flexibility index (Phi) is 7.86. The Morgan fingerprint density at radius 1 is 0.938 bits per heavy atom. The van der Waals surface area contributed by atoms with Gasteiger partial charge in [-0.05, 0) is 66.2 Å². The smallest absolute Gasteiger partial charge is 0.343 e. The van der Waals surface area contributed by atoms with Gasteiger partial charge < -0.3 is 14.2 Å². The number of amides is 1. The minimum absolute atomic E-state index is 0.243. The van der Waals surface area contributed by atoms with E-state index in [9.17, 15) is 9.59 Å². The van der Waals surface area contributed by atoms with Gasteiger partial charge in [-0.2, -0.15) is 5.10 Å². The maximum absolute atomic E-state index is 12.4. The van der Waals surface area contributed by atoms with Gasteiger partial charge in [0, 0.05) is 9.50 Å². The highest BCUT2D eigenvalue weighted by molar-refractivity contribution is 9.10. The van der Waals surface area contributed by atoms with Crippen LogP contribution in [0.15, 0.2) is 70.2 Å². The Hall–Kier alpha value is -3.36. The molecule has 0 spiro atoms.